The Hall–Kier alpha value is -2.73. The van der Waals surface area contributed by atoms with E-state index in [1.54, 1.807) is 50.2 Å². The average Bonchev–Trinajstić information content (AvgIpc) is 3.04. The predicted molar refractivity (Wildman–Crippen MR) is 95.4 cm³/mol. The molecule has 130 valence electrons. The van der Waals surface area contributed by atoms with Gasteiger partial charge in [0.2, 0.25) is 12.7 Å². The molecule has 2 amide bonds. The number of carbonyl (C=O) groups excluding carboxylic acids is 2. The summed E-state index contributed by atoms with van der Waals surface area (Å²) >= 11 is 6.18. The standard InChI is InChI=1S/C18H17ClN2O4/c1-10(2)17(22)21-14-5-4-12(8-13(14)19)20-18(23)11-3-6-15-16(7-11)25-9-24-15/h3-8,10H,9H2,1-2H3,(H,20,23)(H,21,22). The maximum atomic E-state index is 12.4. The molecule has 0 spiro atoms. The summed E-state index contributed by atoms with van der Waals surface area (Å²) in [5, 5.41) is 5.84. The van der Waals surface area contributed by atoms with Crippen LogP contribution in [0.3, 0.4) is 0 Å². The molecule has 0 fully saturated rings. The first-order valence-electron chi connectivity index (χ1n) is 7.75. The molecular formula is C18H17ClN2O4. The Balaban J connectivity index is 1.71. The highest BCUT2D eigenvalue weighted by atomic mass is 35.5. The van der Waals surface area contributed by atoms with Crippen LogP contribution >= 0.6 is 11.6 Å². The van der Waals surface area contributed by atoms with Crippen molar-refractivity contribution in [3.05, 3.63) is 47.0 Å². The van der Waals surface area contributed by atoms with Crippen LogP contribution in [0.25, 0.3) is 0 Å². The number of rotatable bonds is 4. The molecule has 2 aromatic rings. The average molecular weight is 361 g/mol. The summed E-state index contributed by atoms with van der Waals surface area (Å²) in [5.74, 6) is 0.580. The lowest BCUT2D eigenvalue weighted by Crippen LogP contribution is -2.18. The van der Waals surface area contributed by atoms with E-state index in [1.807, 2.05) is 0 Å². The highest BCUT2D eigenvalue weighted by molar-refractivity contribution is 6.34. The van der Waals surface area contributed by atoms with Crippen molar-refractivity contribution >= 4 is 34.8 Å². The van der Waals surface area contributed by atoms with Gasteiger partial charge in [0, 0.05) is 17.2 Å². The van der Waals surface area contributed by atoms with Crippen LogP contribution in [-0.4, -0.2) is 18.6 Å². The van der Waals surface area contributed by atoms with Crippen molar-refractivity contribution in [1.82, 2.24) is 0 Å². The van der Waals surface area contributed by atoms with Crippen molar-refractivity contribution in [2.75, 3.05) is 17.4 Å². The molecule has 0 unspecified atom stereocenters. The molecule has 0 radical (unpaired) electrons. The van der Waals surface area contributed by atoms with Gasteiger partial charge in [0.05, 0.1) is 10.7 Å². The molecule has 0 saturated carbocycles. The molecule has 1 heterocycles. The minimum Gasteiger partial charge on any atom is -0.454 e. The second-order valence-corrected chi connectivity index (χ2v) is 6.27. The fourth-order valence-corrected chi connectivity index (χ4v) is 2.44. The number of carbonyl (C=O) groups is 2. The smallest absolute Gasteiger partial charge is 0.255 e. The van der Waals surface area contributed by atoms with E-state index in [2.05, 4.69) is 10.6 Å². The van der Waals surface area contributed by atoms with Crippen molar-refractivity contribution in [3.63, 3.8) is 0 Å². The van der Waals surface area contributed by atoms with Crippen molar-refractivity contribution in [3.8, 4) is 11.5 Å². The number of hydrogen-bond acceptors (Lipinski definition) is 4. The van der Waals surface area contributed by atoms with Crippen LogP contribution in [0.15, 0.2) is 36.4 Å². The van der Waals surface area contributed by atoms with Crippen molar-refractivity contribution in [2.24, 2.45) is 5.92 Å². The number of amides is 2. The van der Waals surface area contributed by atoms with E-state index in [9.17, 15) is 9.59 Å². The van der Waals surface area contributed by atoms with E-state index in [1.165, 1.54) is 0 Å². The second-order valence-electron chi connectivity index (χ2n) is 5.86. The number of halogens is 1. The van der Waals surface area contributed by atoms with E-state index in [0.717, 1.165) is 0 Å². The van der Waals surface area contributed by atoms with Gasteiger partial charge < -0.3 is 20.1 Å². The molecule has 0 aliphatic carbocycles. The molecule has 6 nitrogen and oxygen atoms in total. The normalized spacial score (nSPS) is 12.2. The number of benzene rings is 2. The first kappa shape index (κ1) is 17.1. The zero-order valence-corrected chi connectivity index (χ0v) is 14.5. The third kappa shape index (κ3) is 3.85. The van der Waals surface area contributed by atoms with Gasteiger partial charge in [0.25, 0.3) is 5.91 Å². The zero-order chi connectivity index (χ0) is 18.0. The van der Waals surface area contributed by atoms with Gasteiger partial charge in [-0.15, -0.1) is 0 Å². The van der Waals surface area contributed by atoms with Crippen LogP contribution in [0, 0.1) is 5.92 Å². The predicted octanol–water partition coefficient (Wildman–Crippen LogP) is 3.92. The minimum atomic E-state index is -0.298. The van der Waals surface area contributed by atoms with Crippen molar-refractivity contribution in [1.29, 1.82) is 0 Å². The van der Waals surface area contributed by atoms with Gasteiger partial charge in [0.15, 0.2) is 11.5 Å². The van der Waals surface area contributed by atoms with Gasteiger partial charge in [-0.25, -0.2) is 0 Å². The topological polar surface area (TPSA) is 76.7 Å². The van der Waals surface area contributed by atoms with Gasteiger partial charge in [-0.1, -0.05) is 25.4 Å². The summed E-state index contributed by atoms with van der Waals surface area (Å²) in [7, 11) is 0. The molecule has 2 N–H and O–H groups in total. The number of hydrogen-bond donors (Lipinski definition) is 2. The Kier molecular flexibility index (Phi) is 4.81. The highest BCUT2D eigenvalue weighted by Crippen LogP contribution is 2.33. The summed E-state index contributed by atoms with van der Waals surface area (Å²) in [5.41, 5.74) is 1.47. The molecule has 2 aromatic carbocycles. The van der Waals surface area contributed by atoms with Crippen LogP contribution < -0.4 is 20.1 Å². The van der Waals surface area contributed by atoms with E-state index in [4.69, 9.17) is 21.1 Å². The van der Waals surface area contributed by atoms with Gasteiger partial charge in [0.1, 0.15) is 0 Å². The quantitative estimate of drug-likeness (QED) is 0.866. The van der Waals surface area contributed by atoms with Crippen LogP contribution in [0.4, 0.5) is 11.4 Å². The maximum Gasteiger partial charge on any atom is 0.255 e. The van der Waals surface area contributed by atoms with Crippen LogP contribution in [0.1, 0.15) is 24.2 Å². The van der Waals surface area contributed by atoms with Gasteiger partial charge in [-0.2, -0.15) is 0 Å². The first-order valence-corrected chi connectivity index (χ1v) is 8.13. The number of nitrogens with one attached hydrogen (secondary N) is 2. The Morgan fingerprint density at radius 2 is 1.80 bits per heavy atom. The Morgan fingerprint density at radius 3 is 2.52 bits per heavy atom. The monoisotopic (exact) mass is 360 g/mol. The van der Waals surface area contributed by atoms with E-state index in [0.29, 0.717) is 33.5 Å². The fourth-order valence-electron chi connectivity index (χ4n) is 2.21. The summed E-state index contributed by atoms with van der Waals surface area (Å²) in [4.78, 5) is 24.1. The second kappa shape index (κ2) is 7.03. The Bertz CT molecular complexity index is 836. The highest BCUT2D eigenvalue weighted by Gasteiger charge is 2.17. The zero-order valence-electron chi connectivity index (χ0n) is 13.8. The van der Waals surface area contributed by atoms with Gasteiger partial charge in [-0.05, 0) is 36.4 Å². The summed E-state index contributed by atoms with van der Waals surface area (Å²) < 4.78 is 10.5. The van der Waals surface area contributed by atoms with Gasteiger partial charge >= 0.3 is 0 Å². The molecule has 0 bridgehead atoms. The van der Waals surface area contributed by atoms with E-state index in [-0.39, 0.29) is 24.5 Å². The maximum absolute atomic E-state index is 12.4. The van der Waals surface area contributed by atoms with E-state index < -0.39 is 0 Å². The van der Waals surface area contributed by atoms with Crippen LogP contribution in [0.5, 0.6) is 11.5 Å². The van der Waals surface area contributed by atoms with E-state index >= 15 is 0 Å². The fraction of sp³-hybridized carbons (Fsp3) is 0.222. The lowest BCUT2D eigenvalue weighted by molar-refractivity contribution is -0.118. The summed E-state index contributed by atoms with van der Waals surface area (Å²) in [6.07, 6.45) is 0. The minimum absolute atomic E-state index is 0.126. The summed E-state index contributed by atoms with van der Waals surface area (Å²) in [6, 6.07) is 9.87. The molecule has 25 heavy (non-hydrogen) atoms. The summed E-state index contributed by atoms with van der Waals surface area (Å²) in [6.45, 7) is 3.74. The van der Waals surface area contributed by atoms with Crippen LogP contribution in [-0.2, 0) is 4.79 Å². The number of anilines is 2. The number of fused-ring (bicyclic) bond motifs is 1. The molecule has 0 saturated heterocycles. The Morgan fingerprint density at radius 1 is 1.04 bits per heavy atom. The Labute approximate surface area is 150 Å². The number of ether oxygens (including phenoxy) is 2. The first-order chi connectivity index (χ1) is 11.9. The molecule has 3 rings (SSSR count). The van der Waals surface area contributed by atoms with Crippen molar-refractivity contribution in [2.45, 2.75) is 13.8 Å². The third-order valence-corrected chi connectivity index (χ3v) is 3.96. The molecule has 7 heteroatoms. The molecule has 1 aliphatic rings. The third-order valence-electron chi connectivity index (χ3n) is 3.64. The molecule has 0 aromatic heterocycles. The largest absolute Gasteiger partial charge is 0.454 e. The van der Waals surface area contributed by atoms with Crippen LogP contribution in [0.2, 0.25) is 5.02 Å². The lowest BCUT2D eigenvalue weighted by Gasteiger charge is -2.11. The molecule has 1 aliphatic heterocycles. The van der Waals surface area contributed by atoms with Crippen molar-refractivity contribution < 1.29 is 19.1 Å². The molecular weight excluding hydrogens is 344 g/mol. The SMILES string of the molecule is CC(C)C(=O)Nc1ccc(NC(=O)c2ccc3c(c2)OCO3)cc1Cl. The van der Waals surface area contributed by atoms with Gasteiger partial charge in [-0.3, -0.25) is 9.59 Å². The lowest BCUT2D eigenvalue weighted by atomic mass is 10.1. The molecule has 0 atom stereocenters.